The highest BCUT2D eigenvalue weighted by Gasteiger charge is 2.34. The third kappa shape index (κ3) is 4.10. The minimum absolute atomic E-state index is 0.0689. The average Bonchev–Trinajstić information content (AvgIpc) is 3.40. The zero-order valence-electron chi connectivity index (χ0n) is 16.0. The van der Waals surface area contributed by atoms with E-state index in [1.807, 2.05) is 36.4 Å². The largest absolute Gasteiger partial charge is 0.477 e. The van der Waals surface area contributed by atoms with E-state index >= 15 is 0 Å². The van der Waals surface area contributed by atoms with Crippen molar-refractivity contribution >= 4 is 52.1 Å². The highest BCUT2D eigenvalue weighted by atomic mass is 35.5. The highest BCUT2D eigenvalue weighted by Crippen LogP contribution is 2.41. The Bertz CT molecular complexity index is 1090. The summed E-state index contributed by atoms with van der Waals surface area (Å²) in [6, 6.07) is 16.1. The number of benzene rings is 2. The van der Waals surface area contributed by atoms with Gasteiger partial charge < -0.3 is 10.0 Å². The molecule has 1 N–H and O–H groups in total. The van der Waals surface area contributed by atoms with Crippen molar-refractivity contribution < 1.29 is 14.7 Å². The van der Waals surface area contributed by atoms with Crippen LogP contribution in [-0.2, 0) is 0 Å². The SMILES string of the molecule is O=C(O)c1sc(-c2ccccc2)cc1N(C(=O)c1ccc(Cl)cc1Cl)C1CCCC1. The van der Waals surface area contributed by atoms with Gasteiger partial charge >= 0.3 is 5.97 Å². The number of rotatable bonds is 5. The number of carboxylic acids is 1. The lowest BCUT2D eigenvalue weighted by Gasteiger charge is -2.29. The van der Waals surface area contributed by atoms with Crippen molar-refractivity contribution in [2.45, 2.75) is 31.7 Å². The van der Waals surface area contributed by atoms with Gasteiger partial charge in [-0.1, -0.05) is 66.4 Å². The van der Waals surface area contributed by atoms with Crippen LogP contribution in [0.5, 0.6) is 0 Å². The fourth-order valence-corrected chi connectivity index (χ4v) is 5.37. The van der Waals surface area contributed by atoms with Crippen molar-refractivity contribution in [1.29, 1.82) is 0 Å². The standard InChI is InChI=1S/C23H19Cl2NO3S/c24-15-10-11-17(18(25)12-15)22(27)26(16-8-4-5-9-16)19-13-20(30-21(19)23(28)29)14-6-2-1-3-7-14/h1-3,6-7,10-13,16H,4-5,8-9H2,(H,28,29). The van der Waals surface area contributed by atoms with Gasteiger partial charge in [-0.05, 0) is 42.7 Å². The van der Waals surface area contributed by atoms with Gasteiger partial charge in [0.2, 0.25) is 0 Å². The molecular weight excluding hydrogens is 441 g/mol. The van der Waals surface area contributed by atoms with Crippen molar-refractivity contribution in [3.8, 4) is 10.4 Å². The Hall–Kier alpha value is -2.34. The van der Waals surface area contributed by atoms with Crippen LogP contribution in [0.3, 0.4) is 0 Å². The van der Waals surface area contributed by atoms with Gasteiger partial charge in [-0.3, -0.25) is 4.79 Å². The first kappa shape index (κ1) is 20.9. The number of thiophene rings is 1. The summed E-state index contributed by atoms with van der Waals surface area (Å²) in [5.74, 6) is -1.35. The molecule has 0 bridgehead atoms. The van der Waals surface area contributed by atoms with Crippen molar-refractivity contribution in [3.63, 3.8) is 0 Å². The van der Waals surface area contributed by atoms with Gasteiger partial charge in [-0.25, -0.2) is 4.79 Å². The average molecular weight is 460 g/mol. The van der Waals surface area contributed by atoms with Gasteiger partial charge in [0.05, 0.1) is 16.3 Å². The highest BCUT2D eigenvalue weighted by molar-refractivity contribution is 7.18. The first-order valence-electron chi connectivity index (χ1n) is 9.67. The first-order valence-corrected chi connectivity index (χ1v) is 11.2. The van der Waals surface area contributed by atoms with Crippen LogP contribution in [0, 0.1) is 0 Å². The van der Waals surface area contributed by atoms with Crippen LogP contribution in [0.4, 0.5) is 5.69 Å². The van der Waals surface area contributed by atoms with E-state index in [0.29, 0.717) is 16.3 Å². The number of nitrogens with zero attached hydrogens (tertiary/aromatic N) is 1. The van der Waals surface area contributed by atoms with Crippen molar-refractivity contribution in [2.75, 3.05) is 4.90 Å². The lowest BCUT2D eigenvalue weighted by Crippen LogP contribution is -2.39. The minimum atomic E-state index is -1.05. The van der Waals surface area contributed by atoms with Crippen LogP contribution in [0.15, 0.2) is 54.6 Å². The summed E-state index contributed by atoms with van der Waals surface area (Å²) in [5.41, 5.74) is 1.66. The molecule has 4 nitrogen and oxygen atoms in total. The Labute approximate surface area is 188 Å². The predicted octanol–water partition coefficient (Wildman–Crippen LogP) is 7.01. The van der Waals surface area contributed by atoms with Gasteiger partial charge in [-0.15, -0.1) is 11.3 Å². The van der Waals surface area contributed by atoms with Gasteiger partial charge in [0.15, 0.2) is 0 Å². The zero-order chi connectivity index (χ0) is 21.3. The molecule has 0 saturated heterocycles. The van der Waals surface area contributed by atoms with Gasteiger partial charge in [0.25, 0.3) is 5.91 Å². The molecule has 154 valence electrons. The Morgan fingerprint density at radius 1 is 1.00 bits per heavy atom. The molecule has 1 aromatic heterocycles. The molecule has 3 aromatic rings. The summed E-state index contributed by atoms with van der Waals surface area (Å²) >= 11 is 13.5. The summed E-state index contributed by atoms with van der Waals surface area (Å²) in [5, 5.41) is 10.6. The normalized spacial score (nSPS) is 14.1. The number of halogens is 2. The topological polar surface area (TPSA) is 57.6 Å². The summed E-state index contributed by atoms with van der Waals surface area (Å²) in [6.45, 7) is 0. The van der Waals surface area contributed by atoms with Crippen LogP contribution in [-0.4, -0.2) is 23.0 Å². The fraction of sp³-hybridized carbons (Fsp3) is 0.217. The molecule has 30 heavy (non-hydrogen) atoms. The van der Waals surface area contributed by atoms with Crippen LogP contribution in [0.25, 0.3) is 10.4 Å². The summed E-state index contributed by atoms with van der Waals surface area (Å²) in [6.07, 6.45) is 3.65. The van der Waals surface area contributed by atoms with Gasteiger partial charge in [0, 0.05) is 15.9 Å². The molecule has 7 heteroatoms. The molecule has 1 saturated carbocycles. The molecule has 1 aliphatic rings. The molecule has 4 rings (SSSR count). The maximum atomic E-state index is 13.6. The maximum absolute atomic E-state index is 13.6. The Morgan fingerprint density at radius 2 is 1.70 bits per heavy atom. The van der Waals surface area contributed by atoms with E-state index in [1.165, 1.54) is 17.4 Å². The third-order valence-electron chi connectivity index (χ3n) is 5.29. The molecule has 1 fully saturated rings. The molecule has 0 aliphatic heterocycles. The number of carbonyl (C=O) groups excluding carboxylic acids is 1. The monoisotopic (exact) mass is 459 g/mol. The first-order chi connectivity index (χ1) is 14.5. The number of aromatic carboxylic acids is 1. The van der Waals surface area contributed by atoms with Crippen molar-refractivity contribution in [1.82, 2.24) is 0 Å². The molecule has 0 atom stereocenters. The van der Waals surface area contributed by atoms with Crippen molar-refractivity contribution in [3.05, 3.63) is 75.1 Å². The number of anilines is 1. The molecule has 0 radical (unpaired) electrons. The Balaban J connectivity index is 1.84. The summed E-state index contributed by atoms with van der Waals surface area (Å²) in [4.78, 5) is 28.3. The minimum Gasteiger partial charge on any atom is -0.477 e. The molecule has 0 unspecified atom stereocenters. The second kappa shape index (κ2) is 8.80. The third-order valence-corrected chi connectivity index (χ3v) is 7.00. The summed E-state index contributed by atoms with van der Waals surface area (Å²) in [7, 11) is 0. The molecular formula is C23H19Cl2NO3S. The number of carbonyl (C=O) groups is 2. The van der Waals surface area contributed by atoms with E-state index in [1.54, 1.807) is 17.0 Å². The van der Waals surface area contributed by atoms with Gasteiger partial charge in [-0.2, -0.15) is 0 Å². The predicted molar refractivity (Wildman–Crippen MR) is 122 cm³/mol. The van der Waals surface area contributed by atoms with Crippen LogP contribution in [0.2, 0.25) is 10.0 Å². The Kier molecular flexibility index (Phi) is 6.14. The second-order valence-electron chi connectivity index (χ2n) is 7.23. The maximum Gasteiger partial charge on any atom is 0.348 e. The number of amides is 1. The molecule has 1 amide bonds. The number of hydrogen-bond acceptors (Lipinski definition) is 3. The fourth-order valence-electron chi connectivity index (χ4n) is 3.89. The lowest BCUT2D eigenvalue weighted by atomic mass is 10.1. The van der Waals surface area contributed by atoms with Crippen LogP contribution in [0.1, 0.15) is 45.7 Å². The zero-order valence-corrected chi connectivity index (χ0v) is 18.3. The Morgan fingerprint density at radius 3 is 2.33 bits per heavy atom. The van der Waals surface area contributed by atoms with E-state index < -0.39 is 5.97 Å². The molecule has 1 aliphatic carbocycles. The van der Waals surface area contributed by atoms with E-state index in [0.717, 1.165) is 36.1 Å². The lowest BCUT2D eigenvalue weighted by molar-refractivity contribution is 0.0703. The quantitative estimate of drug-likeness (QED) is 0.446. The van der Waals surface area contributed by atoms with E-state index in [-0.39, 0.29) is 21.8 Å². The second-order valence-corrected chi connectivity index (χ2v) is 9.13. The number of carboxylic acid groups (broad SMARTS) is 1. The summed E-state index contributed by atoms with van der Waals surface area (Å²) < 4.78 is 0. The molecule has 1 heterocycles. The molecule has 2 aromatic carbocycles. The van der Waals surface area contributed by atoms with Crippen molar-refractivity contribution in [2.24, 2.45) is 0 Å². The van der Waals surface area contributed by atoms with E-state index in [9.17, 15) is 14.7 Å². The van der Waals surface area contributed by atoms with Gasteiger partial charge in [0.1, 0.15) is 4.88 Å². The van der Waals surface area contributed by atoms with E-state index in [4.69, 9.17) is 23.2 Å². The molecule has 0 spiro atoms. The van der Waals surface area contributed by atoms with E-state index in [2.05, 4.69) is 0 Å². The smallest absolute Gasteiger partial charge is 0.348 e. The number of hydrogen-bond donors (Lipinski definition) is 1. The van der Waals surface area contributed by atoms with Crippen LogP contribution < -0.4 is 4.90 Å². The van der Waals surface area contributed by atoms with Crippen LogP contribution >= 0.6 is 34.5 Å².